The SMILES string of the molecule is Cc1sc(NC(=O)C(C)NC(=O)c2cccs2)nc1-c1ccc(F)cc1. The first kappa shape index (κ1) is 18.2. The zero-order valence-electron chi connectivity index (χ0n) is 14.1. The van der Waals surface area contributed by atoms with Crippen molar-refractivity contribution in [1.82, 2.24) is 10.3 Å². The van der Waals surface area contributed by atoms with Gasteiger partial charge in [-0.1, -0.05) is 6.07 Å². The van der Waals surface area contributed by atoms with Crippen LogP contribution in [-0.4, -0.2) is 22.8 Å². The van der Waals surface area contributed by atoms with Gasteiger partial charge in [-0.2, -0.15) is 0 Å². The number of thiazole rings is 1. The Morgan fingerprint density at radius 1 is 1.19 bits per heavy atom. The van der Waals surface area contributed by atoms with Crippen molar-refractivity contribution in [2.24, 2.45) is 0 Å². The third kappa shape index (κ3) is 4.14. The smallest absolute Gasteiger partial charge is 0.261 e. The highest BCUT2D eigenvalue weighted by atomic mass is 32.1. The zero-order valence-corrected chi connectivity index (χ0v) is 15.7. The Morgan fingerprint density at radius 3 is 2.58 bits per heavy atom. The Bertz CT molecular complexity index is 921. The highest BCUT2D eigenvalue weighted by Gasteiger charge is 2.19. The third-order valence-electron chi connectivity index (χ3n) is 3.63. The fourth-order valence-electron chi connectivity index (χ4n) is 2.28. The lowest BCUT2D eigenvalue weighted by molar-refractivity contribution is -0.117. The maximum atomic E-state index is 13.1. The summed E-state index contributed by atoms with van der Waals surface area (Å²) in [7, 11) is 0. The maximum Gasteiger partial charge on any atom is 0.261 e. The van der Waals surface area contributed by atoms with Gasteiger partial charge in [0, 0.05) is 10.4 Å². The number of carbonyl (C=O) groups is 2. The summed E-state index contributed by atoms with van der Waals surface area (Å²) in [5.74, 6) is -0.954. The lowest BCUT2D eigenvalue weighted by Gasteiger charge is -2.12. The van der Waals surface area contributed by atoms with Gasteiger partial charge in [-0.15, -0.1) is 22.7 Å². The number of rotatable bonds is 5. The third-order valence-corrected chi connectivity index (χ3v) is 5.39. The van der Waals surface area contributed by atoms with Gasteiger partial charge in [0.2, 0.25) is 5.91 Å². The van der Waals surface area contributed by atoms with E-state index in [0.29, 0.717) is 15.7 Å². The average Bonchev–Trinajstić information content (AvgIpc) is 3.25. The summed E-state index contributed by atoms with van der Waals surface area (Å²) in [6.45, 7) is 3.50. The molecule has 134 valence electrons. The number of aryl methyl sites for hydroxylation is 1. The normalized spacial score (nSPS) is 11.8. The Hall–Kier alpha value is -2.58. The Morgan fingerprint density at radius 2 is 1.92 bits per heavy atom. The minimum atomic E-state index is -0.705. The molecule has 1 aromatic carbocycles. The number of anilines is 1. The summed E-state index contributed by atoms with van der Waals surface area (Å²) in [5.41, 5.74) is 1.47. The van der Waals surface area contributed by atoms with Crippen molar-refractivity contribution in [2.45, 2.75) is 19.9 Å². The molecule has 0 bridgehead atoms. The van der Waals surface area contributed by atoms with Crippen molar-refractivity contribution in [1.29, 1.82) is 0 Å². The molecule has 2 N–H and O–H groups in total. The van der Waals surface area contributed by atoms with Crippen molar-refractivity contribution in [3.8, 4) is 11.3 Å². The van der Waals surface area contributed by atoms with E-state index in [9.17, 15) is 14.0 Å². The van der Waals surface area contributed by atoms with Crippen molar-refractivity contribution >= 4 is 39.6 Å². The van der Waals surface area contributed by atoms with E-state index in [1.165, 1.54) is 34.8 Å². The standard InChI is InChI=1S/C18H16FN3O2S2/c1-10(20-17(24)14-4-3-9-25-14)16(23)22-18-21-15(11(2)26-18)12-5-7-13(19)8-6-12/h3-10H,1-2H3,(H,20,24)(H,21,22,23). The molecule has 0 saturated heterocycles. The van der Waals surface area contributed by atoms with Crippen molar-refractivity contribution in [3.63, 3.8) is 0 Å². The van der Waals surface area contributed by atoms with Crippen molar-refractivity contribution in [2.75, 3.05) is 5.32 Å². The highest BCUT2D eigenvalue weighted by Crippen LogP contribution is 2.30. The summed E-state index contributed by atoms with van der Waals surface area (Å²) < 4.78 is 13.1. The van der Waals surface area contributed by atoms with Crippen LogP contribution in [0, 0.1) is 12.7 Å². The van der Waals surface area contributed by atoms with E-state index >= 15 is 0 Å². The quantitative estimate of drug-likeness (QED) is 0.691. The number of hydrogen-bond acceptors (Lipinski definition) is 5. The number of aromatic nitrogens is 1. The first-order valence-electron chi connectivity index (χ1n) is 7.82. The molecule has 5 nitrogen and oxygen atoms in total. The second kappa shape index (κ2) is 7.76. The lowest BCUT2D eigenvalue weighted by Crippen LogP contribution is -2.41. The van der Waals surface area contributed by atoms with Crippen LogP contribution in [0.5, 0.6) is 0 Å². The predicted molar refractivity (Wildman–Crippen MR) is 102 cm³/mol. The van der Waals surface area contributed by atoms with Crippen LogP contribution in [0.1, 0.15) is 21.5 Å². The summed E-state index contributed by atoms with van der Waals surface area (Å²) in [5, 5.41) is 7.61. The van der Waals surface area contributed by atoms with Crippen molar-refractivity contribution in [3.05, 3.63) is 57.3 Å². The van der Waals surface area contributed by atoms with E-state index < -0.39 is 6.04 Å². The summed E-state index contributed by atoms with van der Waals surface area (Å²) in [4.78, 5) is 30.2. The molecule has 8 heteroatoms. The van der Waals surface area contributed by atoms with Crippen LogP contribution in [0.2, 0.25) is 0 Å². The topological polar surface area (TPSA) is 71.1 Å². The maximum absolute atomic E-state index is 13.1. The first-order valence-corrected chi connectivity index (χ1v) is 9.52. The van der Waals surface area contributed by atoms with E-state index in [1.54, 1.807) is 36.6 Å². The summed E-state index contributed by atoms with van der Waals surface area (Å²) in [6.07, 6.45) is 0. The van der Waals surface area contributed by atoms with Gasteiger partial charge in [0.25, 0.3) is 5.91 Å². The van der Waals surface area contributed by atoms with E-state index in [-0.39, 0.29) is 17.6 Å². The molecule has 26 heavy (non-hydrogen) atoms. The van der Waals surface area contributed by atoms with Crippen LogP contribution < -0.4 is 10.6 Å². The van der Waals surface area contributed by atoms with Crippen LogP contribution in [0.4, 0.5) is 9.52 Å². The summed E-state index contributed by atoms with van der Waals surface area (Å²) >= 11 is 2.64. The monoisotopic (exact) mass is 389 g/mol. The van der Waals surface area contributed by atoms with Gasteiger partial charge in [-0.25, -0.2) is 9.37 Å². The zero-order chi connectivity index (χ0) is 18.7. The number of thiophene rings is 1. The number of nitrogens with one attached hydrogen (secondary N) is 2. The molecule has 1 unspecified atom stereocenters. The van der Waals surface area contributed by atoms with Gasteiger partial charge >= 0.3 is 0 Å². The van der Waals surface area contributed by atoms with Crippen LogP contribution in [0.25, 0.3) is 11.3 Å². The van der Waals surface area contributed by atoms with Gasteiger partial charge < -0.3 is 10.6 Å². The Labute approximate surface area is 157 Å². The second-order valence-corrected chi connectivity index (χ2v) is 7.74. The minimum absolute atomic E-state index is 0.287. The minimum Gasteiger partial charge on any atom is -0.340 e. The van der Waals surface area contributed by atoms with Crippen LogP contribution in [-0.2, 0) is 4.79 Å². The molecule has 3 rings (SSSR count). The average molecular weight is 389 g/mol. The number of halogens is 1. The molecule has 3 aromatic rings. The molecule has 2 aromatic heterocycles. The van der Waals surface area contributed by atoms with Crippen LogP contribution >= 0.6 is 22.7 Å². The lowest BCUT2D eigenvalue weighted by atomic mass is 10.1. The molecule has 0 fully saturated rings. The van der Waals surface area contributed by atoms with Crippen molar-refractivity contribution < 1.29 is 14.0 Å². The van der Waals surface area contributed by atoms with E-state index in [4.69, 9.17) is 0 Å². The van der Waals surface area contributed by atoms with Crippen LogP contribution in [0.15, 0.2) is 41.8 Å². The molecule has 0 spiro atoms. The molecule has 0 radical (unpaired) electrons. The Kier molecular flexibility index (Phi) is 5.43. The fourth-order valence-corrected chi connectivity index (χ4v) is 3.75. The summed E-state index contributed by atoms with van der Waals surface area (Å²) in [6, 6.07) is 8.80. The predicted octanol–water partition coefficient (Wildman–Crippen LogP) is 4.08. The first-order chi connectivity index (χ1) is 12.4. The van der Waals surface area contributed by atoms with E-state index in [2.05, 4.69) is 15.6 Å². The van der Waals surface area contributed by atoms with Crippen LogP contribution in [0.3, 0.4) is 0 Å². The molecule has 2 heterocycles. The number of carbonyl (C=O) groups excluding carboxylic acids is 2. The number of amides is 2. The number of benzene rings is 1. The molecule has 0 saturated carbocycles. The van der Waals surface area contributed by atoms with Gasteiger partial charge in [-0.05, 0) is 49.6 Å². The van der Waals surface area contributed by atoms with Gasteiger partial charge in [0.1, 0.15) is 11.9 Å². The number of hydrogen-bond donors (Lipinski definition) is 2. The molecular formula is C18H16FN3O2S2. The van der Waals surface area contributed by atoms with E-state index in [0.717, 1.165) is 10.4 Å². The molecular weight excluding hydrogens is 373 g/mol. The van der Waals surface area contributed by atoms with Gasteiger partial charge in [0.05, 0.1) is 10.6 Å². The Balaban J connectivity index is 1.67. The molecule has 1 atom stereocenters. The molecule has 0 aliphatic carbocycles. The molecule has 0 aliphatic heterocycles. The fraction of sp³-hybridized carbons (Fsp3) is 0.167. The second-order valence-electron chi connectivity index (χ2n) is 5.59. The highest BCUT2D eigenvalue weighted by molar-refractivity contribution is 7.16. The van der Waals surface area contributed by atoms with Gasteiger partial charge in [-0.3, -0.25) is 9.59 Å². The molecule has 0 aliphatic rings. The van der Waals surface area contributed by atoms with Gasteiger partial charge in [0.15, 0.2) is 5.13 Å². The largest absolute Gasteiger partial charge is 0.340 e. The van der Waals surface area contributed by atoms with E-state index in [1.807, 2.05) is 6.92 Å². The molecule has 2 amide bonds. The number of nitrogens with zero attached hydrogens (tertiary/aromatic N) is 1.